The fraction of sp³-hybridized carbons (Fsp3) is 0.222. The van der Waals surface area contributed by atoms with Gasteiger partial charge in [-0.2, -0.15) is 0 Å². The van der Waals surface area contributed by atoms with E-state index in [4.69, 9.17) is 0 Å². The molecule has 3 nitrogen and oxygen atoms in total. The first-order valence-electron chi connectivity index (χ1n) is 6.93. The summed E-state index contributed by atoms with van der Waals surface area (Å²) in [6.45, 7) is 4.01. The molecule has 2 aromatic rings. The van der Waals surface area contributed by atoms with Gasteiger partial charge in [0.25, 0.3) is 0 Å². The summed E-state index contributed by atoms with van der Waals surface area (Å²) in [4.78, 5) is 23.6. The molecule has 2 rings (SSSR count). The van der Waals surface area contributed by atoms with E-state index < -0.39 is 5.97 Å². The molecule has 0 atom stereocenters. The minimum atomic E-state index is -1.20. The Morgan fingerprint density at radius 2 is 1.67 bits per heavy atom. The third-order valence-electron chi connectivity index (χ3n) is 3.25. The summed E-state index contributed by atoms with van der Waals surface area (Å²) in [6, 6.07) is 13.6. The predicted molar refractivity (Wildman–Crippen MR) is 79.2 cm³/mol. The van der Waals surface area contributed by atoms with Crippen LogP contribution in [-0.2, 0) is 6.42 Å². The maximum Gasteiger partial charge on any atom is 0.193 e. The van der Waals surface area contributed by atoms with Gasteiger partial charge < -0.3 is 9.90 Å². The Balaban J connectivity index is 2.42. The van der Waals surface area contributed by atoms with E-state index in [0.29, 0.717) is 29.0 Å². The molecule has 0 heterocycles. The van der Waals surface area contributed by atoms with Gasteiger partial charge in [-0.1, -0.05) is 56.3 Å². The number of carbonyl (C=O) groups is 2. The highest BCUT2D eigenvalue weighted by Crippen LogP contribution is 2.18. The predicted octanol–water partition coefficient (Wildman–Crippen LogP) is 2.48. The van der Waals surface area contributed by atoms with Crippen LogP contribution in [0.2, 0.25) is 0 Å². The van der Waals surface area contributed by atoms with Gasteiger partial charge in [-0.25, -0.2) is 0 Å². The zero-order valence-electron chi connectivity index (χ0n) is 12.1. The van der Waals surface area contributed by atoms with Crippen LogP contribution in [0.5, 0.6) is 0 Å². The van der Waals surface area contributed by atoms with Crippen LogP contribution in [0.1, 0.15) is 45.7 Å². The van der Waals surface area contributed by atoms with Crippen molar-refractivity contribution in [1.29, 1.82) is 0 Å². The number of ketones is 1. The number of hydrogen-bond donors (Lipinski definition) is 0. The second-order valence-corrected chi connectivity index (χ2v) is 5.45. The van der Waals surface area contributed by atoms with Crippen molar-refractivity contribution < 1.29 is 14.7 Å². The second kappa shape index (κ2) is 6.35. The number of rotatable bonds is 5. The maximum absolute atomic E-state index is 12.4. The fourth-order valence-corrected chi connectivity index (χ4v) is 2.30. The third kappa shape index (κ3) is 3.57. The van der Waals surface area contributed by atoms with Crippen LogP contribution >= 0.6 is 0 Å². The van der Waals surface area contributed by atoms with E-state index in [-0.39, 0.29) is 11.3 Å². The summed E-state index contributed by atoms with van der Waals surface area (Å²) < 4.78 is 0. The number of carboxylic acid groups (broad SMARTS) is 1. The fourth-order valence-electron chi connectivity index (χ4n) is 2.30. The van der Waals surface area contributed by atoms with Crippen LogP contribution < -0.4 is 5.11 Å². The van der Waals surface area contributed by atoms with E-state index in [1.54, 1.807) is 36.4 Å². The van der Waals surface area contributed by atoms with Crippen molar-refractivity contribution in [2.45, 2.75) is 20.3 Å². The van der Waals surface area contributed by atoms with Gasteiger partial charge in [0.1, 0.15) is 0 Å². The van der Waals surface area contributed by atoms with E-state index in [1.807, 2.05) is 19.9 Å². The Morgan fingerprint density at radius 3 is 2.24 bits per heavy atom. The van der Waals surface area contributed by atoms with Crippen LogP contribution in [0.15, 0.2) is 48.5 Å². The summed E-state index contributed by atoms with van der Waals surface area (Å²) >= 11 is 0. The normalized spacial score (nSPS) is 10.6. The smallest absolute Gasteiger partial charge is 0.193 e. The highest BCUT2D eigenvalue weighted by Gasteiger charge is 2.13. The first-order chi connectivity index (χ1) is 9.99. The number of carboxylic acids is 1. The monoisotopic (exact) mass is 281 g/mol. The molecule has 3 heteroatoms. The summed E-state index contributed by atoms with van der Waals surface area (Å²) in [5, 5.41) is 11.2. The Labute approximate surface area is 124 Å². The number of hydrogen-bond acceptors (Lipinski definition) is 3. The molecule has 0 saturated carbocycles. The summed E-state index contributed by atoms with van der Waals surface area (Å²) in [5.41, 5.74) is 1.90. The van der Waals surface area contributed by atoms with Crippen LogP contribution in [0, 0.1) is 5.92 Å². The van der Waals surface area contributed by atoms with Gasteiger partial charge in [0, 0.05) is 16.7 Å². The molecule has 0 saturated heterocycles. The number of aromatic carboxylic acids is 1. The third-order valence-corrected chi connectivity index (χ3v) is 3.25. The molecule has 0 fully saturated rings. The Bertz CT molecular complexity index is 657. The molecule has 0 spiro atoms. The van der Waals surface area contributed by atoms with Crippen molar-refractivity contribution in [3.8, 4) is 0 Å². The van der Waals surface area contributed by atoms with Crippen molar-refractivity contribution in [2.75, 3.05) is 0 Å². The standard InChI is InChI=1S/C18H18O3/c1-12(2)10-15-11-14(8-9-16(15)18(20)21)17(19)13-6-4-3-5-7-13/h3-9,11-12H,10H2,1-2H3,(H,20,21)/p-1. The zero-order chi connectivity index (χ0) is 15.4. The first-order valence-corrected chi connectivity index (χ1v) is 6.93. The van der Waals surface area contributed by atoms with Gasteiger partial charge in [0.15, 0.2) is 5.78 Å². The van der Waals surface area contributed by atoms with E-state index in [0.717, 1.165) is 0 Å². The minimum absolute atomic E-state index is 0.106. The van der Waals surface area contributed by atoms with Crippen LogP contribution in [0.3, 0.4) is 0 Å². The molecular weight excluding hydrogens is 264 g/mol. The zero-order valence-corrected chi connectivity index (χ0v) is 12.1. The quantitative estimate of drug-likeness (QED) is 0.791. The van der Waals surface area contributed by atoms with Crippen LogP contribution in [0.4, 0.5) is 0 Å². The molecule has 0 unspecified atom stereocenters. The van der Waals surface area contributed by atoms with Gasteiger partial charge in [-0.3, -0.25) is 4.79 Å². The summed E-state index contributed by atoms with van der Waals surface area (Å²) in [5.74, 6) is -1.01. The maximum atomic E-state index is 12.4. The van der Waals surface area contributed by atoms with E-state index in [1.165, 1.54) is 6.07 Å². The Hall–Kier alpha value is -2.42. The van der Waals surface area contributed by atoms with Crippen molar-refractivity contribution in [3.63, 3.8) is 0 Å². The van der Waals surface area contributed by atoms with E-state index >= 15 is 0 Å². The highest BCUT2D eigenvalue weighted by molar-refractivity contribution is 6.09. The molecular formula is C18H17O3-. The average Bonchev–Trinajstić information content (AvgIpc) is 2.46. The molecule has 108 valence electrons. The summed E-state index contributed by atoms with van der Waals surface area (Å²) in [6.07, 6.45) is 0.596. The first kappa shape index (κ1) is 15.0. The van der Waals surface area contributed by atoms with Crippen LogP contribution in [0.25, 0.3) is 0 Å². The lowest BCUT2D eigenvalue weighted by molar-refractivity contribution is -0.255. The van der Waals surface area contributed by atoms with Gasteiger partial charge in [-0.15, -0.1) is 0 Å². The van der Waals surface area contributed by atoms with Crippen molar-refractivity contribution in [1.82, 2.24) is 0 Å². The van der Waals surface area contributed by atoms with E-state index in [9.17, 15) is 14.7 Å². The molecule has 0 bridgehead atoms. The largest absolute Gasteiger partial charge is 0.545 e. The second-order valence-electron chi connectivity index (χ2n) is 5.45. The lowest BCUT2D eigenvalue weighted by atomic mass is 9.93. The molecule has 2 aromatic carbocycles. The molecule has 0 radical (unpaired) electrons. The molecule has 0 aromatic heterocycles. The lowest BCUT2D eigenvalue weighted by Crippen LogP contribution is -2.24. The summed E-state index contributed by atoms with van der Waals surface area (Å²) in [7, 11) is 0. The average molecular weight is 281 g/mol. The Kier molecular flexibility index (Phi) is 4.53. The highest BCUT2D eigenvalue weighted by atomic mass is 16.4. The minimum Gasteiger partial charge on any atom is -0.545 e. The topological polar surface area (TPSA) is 57.2 Å². The van der Waals surface area contributed by atoms with Gasteiger partial charge in [0.05, 0.1) is 5.97 Å². The van der Waals surface area contributed by atoms with Gasteiger partial charge in [-0.05, 0) is 24.0 Å². The van der Waals surface area contributed by atoms with Gasteiger partial charge in [0.2, 0.25) is 0 Å². The van der Waals surface area contributed by atoms with Crippen molar-refractivity contribution >= 4 is 11.8 Å². The molecule has 0 aliphatic heterocycles. The molecule has 21 heavy (non-hydrogen) atoms. The van der Waals surface area contributed by atoms with Gasteiger partial charge >= 0.3 is 0 Å². The van der Waals surface area contributed by atoms with Crippen molar-refractivity contribution in [2.24, 2.45) is 5.92 Å². The number of carbonyl (C=O) groups excluding carboxylic acids is 2. The molecule has 0 aliphatic carbocycles. The Morgan fingerprint density at radius 1 is 1.00 bits per heavy atom. The number of benzene rings is 2. The van der Waals surface area contributed by atoms with Crippen molar-refractivity contribution in [3.05, 3.63) is 70.8 Å². The van der Waals surface area contributed by atoms with E-state index in [2.05, 4.69) is 0 Å². The van der Waals surface area contributed by atoms with Crippen LogP contribution in [-0.4, -0.2) is 11.8 Å². The molecule has 0 amide bonds. The molecule has 0 N–H and O–H groups in total. The SMILES string of the molecule is CC(C)Cc1cc(C(=O)c2ccccc2)ccc1C(=O)[O-]. The molecule has 0 aliphatic rings. The lowest BCUT2D eigenvalue weighted by Gasteiger charge is -2.14.